The van der Waals surface area contributed by atoms with Gasteiger partial charge in [0.25, 0.3) is 0 Å². The van der Waals surface area contributed by atoms with E-state index in [4.69, 9.17) is 4.74 Å². The number of nitrogens with one attached hydrogen (secondary N) is 1. The molecule has 4 rings (SSSR count). The van der Waals surface area contributed by atoms with Gasteiger partial charge in [-0.1, -0.05) is 24.6 Å². The van der Waals surface area contributed by atoms with Gasteiger partial charge in [-0.2, -0.15) is 0 Å². The van der Waals surface area contributed by atoms with Crippen LogP contribution in [-0.4, -0.2) is 13.2 Å². The lowest BCUT2D eigenvalue weighted by Gasteiger charge is -2.29. The van der Waals surface area contributed by atoms with E-state index in [2.05, 4.69) is 29.6 Å². The molecular weight excluding hydrogens is 234 g/mol. The van der Waals surface area contributed by atoms with Crippen LogP contribution < -0.4 is 10.1 Å². The Hall–Kier alpha value is -1.02. The first kappa shape index (κ1) is 11.8. The van der Waals surface area contributed by atoms with Crippen LogP contribution in [0.25, 0.3) is 0 Å². The highest BCUT2D eigenvalue weighted by molar-refractivity contribution is 5.37. The first-order valence-corrected chi connectivity index (χ1v) is 7.85. The maximum absolute atomic E-state index is 5.73. The Labute approximate surface area is 115 Å². The Morgan fingerprint density at radius 1 is 1.11 bits per heavy atom. The molecule has 1 N–H and O–H groups in total. The molecule has 1 aromatic carbocycles. The van der Waals surface area contributed by atoms with Gasteiger partial charge >= 0.3 is 0 Å². The van der Waals surface area contributed by atoms with Gasteiger partial charge in [-0.05, 0) is 49.6 Å². The molecule has 0 radical (unpaired) electrons. The molecule has 2 aliphatic carbocycles. The molecule has 1 aliphatic heterocycles. The Balaban J connectivity index is 1.41. The fraction of sp³-hybridized carbons (Fsp3) is 0.647. The Kier molecular flexibility index (Phi) is 2.99. The molecule has 2 saturated carbocycles. The summed E-state index contributed by atoms with van der Waals surface area (Å²) in [6.45, 7) is 2.06. The summed E-state index contributed by atoms with van der Waals surface area (Å²) < 4.78 is 5.73. The van der Waals surface area contributed by atoms with E-state index in [1.165, 1.54) is 37.8 Å². The maximum atomic E-state index is 5.73. The monoisotopic (exact) mass is 257 g/mol. The van der Waals surface area contributed by atoms with E-state index in [0.717, 1.165) is 36.5 Å². The molecule has 2 bridgehead atoms. The predicted octanol–water partition coefficient (Wildman–Crippen LogP) is 3.54. The van der Waals surface area contributed by atoms with Crippen LogP contribution in [0.1, 0.15) is 43.7 Å². The van der Waals surface area contributed by atoms with Gasteiger partial charge in [0, 0.05) is 18.0 Å². The lowest BCUT2D eigenvalue weighted by Crippen LogP contribution is -2.32. The highest BCUT2D eigenvalue weighted by Crippen LogP contribution is 2.48. The zero-order valence-electron chi connectivity index (χ0n) is 11.5. The lowest BCUT2D eigenvalue weighted by molar-refractivity contribution is 0.238. The fourth-order valence-corrected chi connectivity index (χ4v) is 4.47. The number of benzene rings is 1. The van der Waals surface area contributed by atoms with Crippen LogP contribution in [0.5, 0.6) is 5.75 Å². The van der Waals surface area contributed by atoms with E-state index in [9.17, 15) is 0 Å². The first-order valence-electron chi connectivity index (χ1n) is 7.85. The molecule has 0 spiro atoms. The molecule has 19 heavy (non-hydrogen) atoms. The minimum Gasteiger partial charge on any atom is -0.493 e. The molecule has 0 aromatic heterocycles. The summed E-state index contributed by atoms with van der Waals surface area (Å²) in [6, 6.07) is 9.01. The van der Waals surface area contributed by atoms with Crippen LogP contribution in [0.3, 0.4) is 0 Å². The largest absolute Gasteiger partial charge is 0.493 e. The second-order valence-corrected chi connectivity index (χ2v) is 6.57. The molecule has 0 saturated heterocycles. The van der Waals surface area contributed by atoms with E-state index in [0.29, 0.717) is 6.04 Å². The Morgan fingerprint density at radius 3 is 2.89 bits per heavy atom. The van der Waals surface area contributed by atoms with Crippen molar-refractivity contribution in [2.45, 2.75) is 38.1 Å². The van der Waals surface area contributed by atoms with Gasteiger partial charge in [0.05, 0.1) is 6.61 Å². The van der Waals surface area contributed by atoms with Gasteiger partial charge in [0.1, 0.15) is 5.75 Å². The molecule has 1 heterocycles. The maximum Gasteiger partial charge on any atom is 0.124 e. The molecule has 102 valence electrons. The predicted molar refractivity (Wildman–Crippen MR) is 76.2 cm³/mol. The average Bonchev–Trinajstić information content (AvgIpc) is 3.07. The van der Waals surface area contributed by atoms with E-state index in [1.54, 1.807) is 0 Å². The van der Waals surface area contributed by atoms with Crippen molar-refractivity contribution >= 4 is 0 Å². The average molecular weight is 257 g/mol. The Bertz CT molecular complexity index is 458. The molecular formula is C17H23NO. The van der Waals surface area contributed by atoms with E-state index in [-0.39, 0.29) is 0 Å². The first-order chi connectivity index (χ1) is 9.40. The van der Waals surface area contributed by atoms with Crippen molar-refractivity contribution in [1.29, 1.82) is 0 Å². The third kappa shape index (κ3) is 2.16. The molecule has 0 amide bonds. The second-order valence-electron chi connectivity index (χ2n) is 6.57. The van der Waals surface area contributed by atoms with Crippen molar-refractivity contribution in [3.8, 4) is 5.75 Å². The smallest absolute Gasteiger partial charge is 0.124 e. The molecule has 2 nitrogen and oxygen atoms in total. The van der Waals surface area contributed by atoms with Gasteiger partial charge in [-0.25, -0.2) is 0 Å². The minimum absolute atomic E-state index is 0.504. The summed E-state index contributed by atoms with van der Waals surface area (Å²) in [5.41, 5.74) is 1.36. The molecule has 2 heteroatoms. The SMILES string of the molecule is c1ccc2c(c1)OCCC2NCC1CC2CCC1C2. The number of ether oxygens (including phenoxy) is 1. The minimum atomic E-state index is 0.504. The number of hydrogen-bond donors (Lipinski definition) is 1. The number of fused-ring (bicyclic) bond motifs is 3. The van der Waals surface area contributed by atoms with Crippen LogP contribution in [0.15, 0.2) is 24.3 Å². The zero-order valence-corrected chi connectivity index (χ0v) is 11.5. The van der Waals surface area contributed by atoms with Gasteiger partial charge < -0.3 is 10.1 Å². The third-order valence-electron chi connectivity index (χ3n) is 5.47. The number of para-hydroxylation sites is 1. The van der Waals surface area contributed by atoms with Gasteiger partial charge in [-0.15, -0.1) is 0 Å². The van der Waals surface area contributed by atoms with Crippen molar-refractivity contribution in [3.05, 3.63) is 29.8 Å². The summed E-state index contributed by atoms with van der Waals surface area (Å²) in [7, 11) is 0. The van der Waals surface area contributed by atoms with Gasteiger partial charge in [0.2, 0.25) is 0 Å². The van der Waals surface area contributed by atoms with E-state index >= 15 is 0 Å². The summed E-state index contributed by atoms with van der Waals surface area (Å²) in [5.74, 6) is 4.10. The van der Waals surface area contributed by atoms with Crippen LogP contribution in [0.2, 0.25) is 0 Å². The molecule has 2 fully saturated rings. The van der Waals surface area contributed by atoms with Crippen LogP contribution in [0, 0.1) is 17.8 Å². The normalized spacial score (nSPS) is 36.0. The van der Waals surface area contributed by atoms with Crippen molar-refractivity contribution in [1.82, 2.24) is 5.32 Å². The van der Waals surface area contributed by atoms with E-state index in [1.807, 2.05) is 0 Å². The van der Waals surface area contributed by atoms with Crippen molar-refractivity contribution in [2.75, 3.05) is 13.2 Å². The lowest BCUT2D eigenvalue weighted by atomic mass is 9.88. The van der Waals surface area contributed by atoms with E-state index < -0.39 is 0 Å². The van der Waals surface area contributed by atoms with Crippen molar-refractivity contribution < 1.29 is 4.74 Å². The summed E-state index contributed by atoms with van der Waals surface area (Å²) in [4.78, 5) is 0. The summed E-state index contributed by atoms with van der Waals surface area (Å²) in [5, 5.41) is 3.82. The molecule has 1 aromatic rings. The Morgan fingerprint density at radius 2 is 2.05 bits per heavy atom. The number of rotatable bonds is 3. The highest BCUT2D eigenvalue weighted by atomic mass is 16.5. The zero-order chi connectivity index (χ0) is 12.7. The standard InChI is InChI=1S/C17H23NO/c1-2-4-17-15(3-1)16(7-8-19-17)18-11-14-10-12-5-6-13(14)9-12/h1-4,12-14,16,18H,5-11H2. The fourth-order valence-electron chi connectivity index (χ4n) is 4.47. The topological polar surface area (TPSA) is 21.3 Å². The highest BCUT2D eigenvalue weighted by Gasteiger charge is 2.39. The summed E-state index contributed by atoms with van der Waals surface area (Å²) >= 11 is 0. The van der Waals surface area contributed by atoms with Crippen molar-refractivity contribution in [2.24, 2.45) is 17.8 Å². The van der Waals surface area contributed by atoms with Crippen LogP contribution >= 0.6 is 0 Å². The second kappa shape index (κ2) is 4.82. The summed E-state index contributed by atoms with van der Waals surface area (Å²) in [6.07, 6.45) is 7.08. The van der Waals surface area contributed by atoms with Crippen LogP contribution in [-0.2, 0) is 0 Å². The molecule has 3 aliphatic rings. The van der Waals surface area contributed by atoms with Gasteiger partial charge in [-0.3, -0.25) is 0 Å². The quantitative estimate of drug-likeness (QED) is 0.894. The van der Waals surface area contributed by atoms with Crippen LogP contribution in [0.4, 0.5) is 0 Å². The third-order valence-corrected chi connectivity index (χ3v) is 5.47. The van der Waals surface area contributed by atoms with Gasteiger partial charge in [0.15, 0.2) is 0 Å². The molecule has 4 unspecified atom stereocenters. The van der Waals surface area contributed by atoms with Crippen molar-refractivity contribution in [3.63, 3.8) is 0 Å². The number of hydrogen-bond acceptors (Lipinski definition) is 2. The molecule has 4 atom stereocenters.